The van der Waals surface area contributed by atoms with Crippen molar-refractivity contribution in [1.82, 2.24) is 4.98 Å². The van der Waals surface area contributed by atoms with E-state index in [1.54, 1.807) is 11.3 Å². The zero-order chi connectivity index (χ0) is 9.84. The molecule has 74 valence electrons. The van der Waals surface area contributed by atoms with Crippen LogP contribution in [0.25, 0.3) is 0 Å². The Bertz CT molecular complexity index is 257. The van der Waals surface area contributed by atoms with Crippen molar-refractivity contribution in [3.63, 3.8) is 0 Å². The fraction of sp³-hybridized carbons (Fsp3) is 0.700. The molecule has 1 rings (SSSR count). The average molecular weight is 198 g/mol. The van der Waals surface area contributed by atoms with Gasteiger partial charge in [-0.05, 0) is 19.3 Å². The summed E-state index contributed by atoms with van der Waals surface area (Å²) in [5.74, 6) is 0.705. The molecule has 3 heteroatoms. The Hall–Kier alpha value is -0.410. The maximum absolute atomic E-state index is 6.09. The monoisotopic (exact) mass is 198 g/mol. The van der Waals surface area contributed by atoms with Crippen molar-refractivity contribution in [3.05, 3.63) is 16.1 Å². The molecule has 2 N–H and O–H groups in total. The van der Waals surface area contributed by atoms with Crippen molar-refractivity contribution in [3.8, 4) is 0 Å². The summed E-state index contributed by atoms with van der Waals surface area (Å²) in [6.45, 7) is 6.48. The van der Waals surface area contributed by atoms with Crippen LogP contribution in [-0.2, 0) is 0 Å². The summed E-state index contributed by atoms with van der Waals surface area (Å²) in [5.41, 5.74) is 9.06. The summed E-state index contributed by atoms with van der Waals surface area (Å²) in [6, 6.07) is 0.183. The maximum Gasteiger partial charge on any atom is 0.0798 e. The predicted molar refractivity (Wildman–Crippen MR) is 57.9 cm³/mol. The lowest BCUT2D eigenvalue weighted by Gasteiger charge is -2.14. The summed E-state index contributed by atoms with van der Waals surface area (Å²) in [5, 5.41) is 0. The number of thiazole rings is 1. The molecule has 0 aliphatic heterocycles. The van der Waals surface area contributed by atoms with Crippen LogP contribution in [0.5, 0.6) is 0 Å². The molecule has 2 nitrogen and oxygen atoms in total. The number of hydrogen-bond donors (Lipinski definition) is 1. The molecule has 1 aromatic heterocycles. The van der Waals surface area contributed by atoms with E-state index >= 15 is 0 Å². The lowest BCUT2D eigenvalue weighted by molar-refractivity contribution is 0.463. The third-order valence-electron chi connectivity index (χ3n) is 2.47. The smallest absolute Gasteiger partial charge is 0.0798 e. The van der Waals surface area contributed by atoms with Crippen molar-refractivity contribution < 1.29 is 0 Å². The van der Waals surface area contributed by atoms with Gasteiger partial charge in [-0.2, -0.15) is 0 Å². The van der Waals surface area contributed by atoms with Gasteiger partial charge >= 0.3 is 0 Å². The molecule has 0 bridgehead atoms. The number of hydrogen-bond acceptors (Lipinski definition) is 3. The van der Waals surface area contributed by atoms with E-state index in [4.69, 9.17) is 5.73 Å². The Kier molecular flexibility index (Phi) is 3.88. The molecule has 1 heterocycles. The van der Waals surface area contributed by atoms with Crippen LogP contribution in [0.4, 0.5) is 0 Å². The van der Waals surface area contributed by atoms with Gasteiger partial charge in [-0.15, -0.1) is 11.3 Å². The van der Waals surface area contributed by atoms with Crippen LogP contribution in [0.1, 0.15) is 43.3 Å². The predicted octanol–water partition coefficient (Wildman–Crippen LogP) is 2.89. The minimum atomic E-state index is 0.183. The summed E-state index contributed by atoms with van der Waals surface area (Å²) in [7, 11) is 0. The van der Waals surface area contributed by atoms with Gasteiger partial charge in [0.2, 0.25) is 0 Å². The summed E-state index contributed by atoms with van der Waals surface area (Å²) in [6.07, 6.45) is 2.27. The van der Waals surface area contributed by atoms with E-state index in [0.29, 0.717) is 5.92 Å². The molecule has 0 saturated heterocycles. The van der Waals surface area contributed by atoms with Crippen LogP contribution in [0.2, 0.25) is 0 Å². The zero-order valence-corrected chi connectivity index (χ0v) is 9.40. The van der Waals surface area contributed by atoms with E-state index in [1.165, 1.54) is 11.3 Å². The Labute approximate surface area is 84.2 Å². The average Bonchev–Trinajstić information content (AvgIpc) is 2.51. The van der Waals surface area contributed by atoms with E-state index < -0.39 is 0 Å². The van der Waals surface area contributed by atoms with Gasteiger partial charge in [-0.1, -0.05) is 20.3 Å². The molecule has 0 aliphatic rings. The van der Waals surface area contributed by atoms with Gasteiger partial charge in [0.1, 0.15) is 0 Å². The Morgan fingerprint density at radius 3 is 2.77 bits per heavy atom. The van der Waals surface area contributed by atoms with Crippen LogP contribution in [-0.4, -0.2) is 4.98 Å². The second-order valence-corrected chi connectivity index (χ2v) is 4.54. The van der Waals surface area contributed by atoms with Gasteiger partial charge in [0.05, 0.1) is 11.2 Å². The Morgan fingerprint density at radius 2 is 2.31 bits per heavy atom. The minimum absolute atomic E-state index is 0.183. The number of nitrogens with zero attached hydrogens (tertiary/aromatic N) is 1. The molecule has 2 unspecified atom stereocenters. The first-order valence-corrected chi connectivity index (χ1v) is 5.68. The van der Waals surface area contributed by atoms with Crippen LogP contribution in [0.3, 0.4) is 0 Å². The molecule has 0 fully saturated rings. The first-order valence-electron chi connectivity index (χ1n) is 4.80. The summed E-state index contributed by atoms with van der Waals surface area (Å²) in [4.78, 5) is 5.46. The highest BCUT2D eigenvalue weighted by Gasteiger charge is 2.13. The lowest BCUT2D eigenvalue weighted by atomic mass is 9.98. The third kappa shape index (κ3) is 2.78. The van der Waals surface area contributed by atoms with Gasteiger partial charge in [-0.3, -0.25) is 0 Å². The largest absolute Gasteiger partial charge is 0.323 e. The third-order valence-corrected chi connectivity index (χ3v) is 3.54. The quantitative estimate of drug-likeness (QED) is 0.808. The summed E-state index contributed by atoms with van der Waals surface area (Å²) < 4.78 is 0. The Balaban J connectivity index is 2.58. The molecular weight excluding hydrogens is 180 g/mol. The normalized spacial score (nSPS) is 15.7. The standard InChI is InChI=1S/C10H18N2S/c1-4-7(2)5-9(11)10-8(3)12-6-13-10/h6-7,9H,4-5,11H2,1-3H3. The highest BCUT2D eigenvalue weighted by Crippen LogP contribution is 2.25. The fourth-order valence-corrected chi connectivity index (χ4v) is 2.19. The minimum Gasteiger partial charge on any atom is -0.323 e. The molecule has 0 aromatic carbocycles. The van der Waals surface area contributed by atoms with Gasteiger partial charge in [0, 0.05) is 10.9 Å². The van der Waals surface area contributed by atoms with Crippen molar-refractivity contribution in [1.29, 1.82) is 0 Å². The van der Waals surface area contributed by atoms with Gasteiger partial charge in [0.15, 0.2) is 0 Å². The molecule has 0 saturated carbocycles. The first kappa shape index (κ1) is 10.7. The molecule has 0 amide bonds. The van der Waals surface area contributed by atoms with E-state index in [2.05, 4.69) is 18.8 Å². The Morgan fingerprint density at radius 1 is 1.62 bits per heavy atom. The van der Waals surface area contributed by atoms with E-state index in [1.807, 2.05) is 12.4 Å². The molecule has 0 radical (unpaired) electrons. The van der Waals surface area contributed by atoms with E-state index in [0.717, 1.165) is 12.1 Å². The maximum atomic E-state index is 6.09. The van der Waals surface area contributed by atoms with Crippen molar-refractivity contribution in [2.45, 2.75) is 39.7 Å². The molecule has 0 aliphatic carbocycles. The van der Waals surface area contributed by atoms with Crippen molar-refractivity contribution >= 4 is 11.3 Å². The van der Waals surface area contributed by atoms with Crippen LogP contribution in [0, 0.1) is 12.8 Å². The fourth-order valence-electron chi connectivity index (χ4n) is 1.37. The highest BCUT2D eigenvalue weighted by molar-refractivity contribution is 7.09. The van der Waals surface area contributed by atoms with E-state index in [-0.39, 0.29) is 6.04 Å². The van der Waals surface area contributed by atoms with Crippen molar-refractivity contribution in [2.24, 2.45) is 11.7 Å². The molecular formula is C10H18N2S. The molecule has 0 spiro atoms. The molecule has 1 aromatic rings. The van der Waals surface area contributed by atoms with Crippen LogP contribution < -0.4 is 5.73 Å². The van der Waals surface area contributed by atoms with Gasteiger partial charge in [0.25, 0.3) is 0 Å². The SMILES string of the molecule is CCC(C)CC(N)c1scnc1C. The number of nitrogens with two attached hydrogens (primary N) is 1. The number of rotatable bonds is 4. The van der Waals surface area contributed by atoms with E-state index in [9.17, 15) is 0 Å². The lowest BCUT2D eigenvalue weighted by Crippen LogP contribution is -2.13. The summed E-state index contributed by atoms with van der Waals surface area (Å²) >= 11 is 1.67. The van der Waals surface area contributed by atoms with Gasteiger partial charge < -0.3 is 5.73 Å². The van der Waals surface area contributed by atoms with Gasteiger partial charge in [-0.25, -0.2) is 4.98 Å². The second kappa shape index (κ2) is 4.72. The highest BCUT2D eigenvalue weighted by atomic mass is 32.1. The number of aryl methyl sites for hydroxylation is 1. The topological polar surface area (TPSA) is 38.9 Å². The van der Waals surface area contributed by atoms with Crippen LogP contribution >= 0.6 is 11.3 Å². The van der Waals surface area contributed by atoms with Crippen molar-refractivity contribution in [2.75, 3.05) is 0 Å². The number of aromatic nitrogens is 1. The zero-order valence-electron chi connectivity index (χ0n) is 8.58. The molecule has 2 atom stereocenters. The first-order chi connectivity index (χ1) is 6.15. The van der Waals surface area contributed by atoms with Crippen LogP contribution in [0.15, 0.2) is 5.51 Å². The second-order valence-electron chi connectivity index (χ2n) is 3.66. The molecule has 13 heavy (non-hydrogen) atoms.